The Morgan fingerprint density at radius 3 is 2.76 bits per heavy atom. The topological polar surface area (TPSA) is 46.2 Å². The standard InChI is InChI=1S/C21H23N3O/c1-15-3-2-4-18(11-15)24-21-13-17-12-20(6-5-16(17)14-23-21)25-19-7-9-22-10-8-19/h2-6,11-14,19,22H,7-10H2,1H3,(H,23,24). The summed E-state index contributed by atoms with van der Waals surface area (Å²) in [6, 6.07) is 16.6. The lowest BCUT2D eigenvalue weighted by Gasteiger charge is -2.24. The first-order chi connectivity index (χ1) is 12.3. The van der Waals surface area contributed by atoms with Crippen LogP contribution in [0, 0.1) is 6.92 Å². The zero-order valence-corrected chi connectivity index (χ0v) is 14.5. The van der Waals surface area contributed by atoms with Gasteiger partial charge >= 0.3 is 0 Å². The third-order valence-electron chi connectivity index (χ3n) is 4.57. The van der Waals surface area contributed by atoms with Gasteiger partial charge in [0, 0.05) is 17.3 Å². The lowest BCUT2D eigenvalue weighted by atomic mass is 10.1. The van der Waals surface area contributed by atoms with Crippen molar-refractivity contribution >= 4 is 22.3 Å². The highest BCUT2D eigenvalue weighted by atomic mass is 16.5. The molecule has 0 aliphatic carbocycles. The molecule has 4 nitrogen and oxygen atoms in total. The molecule has 3 aromatic rings. The van der Waals surface area contributed by atoms with E-state index in [0.717, 1.165) is 54.0 Å². The second-order valence-corrected chi connectivity index (χ2v) is 6.64. The molecular weight excluding hydrogens is 310 g/mol. The molecule has 2 N–H and O–H groups in total. The number of hydrogen-bond acceptors (Lipinski definition) is 4. The number of piperidine rings is 1. The number of aryl methyl sites for hydroxylation is 1. The maximum atomic E-state index is 6.16. The van der Waals surface area contributed by atoms with E-state index in [2.05, 4.69) is 58.9 Å². The van der Waals surface area contributed by atoms with Gasteiger partial charge in [0.05, 0.1) is 0 Å². The minimum atomic E-state index is 0.311. The summed E-state index contributed by atoms with van der Waals surface area (Å²) in [5, 5.41) is 9.00. The monoisotopic (exact) mass is 333 g/mol. The summed E-state index contributed by atoms with van der Waals surface area (Å²) in [4.78, 5) is 4.52. The van der Waals surface area contributed by atoms with Crippen LogP contribution in [0.5, 0.6) is 5.75 Å². The molecule has 1 aliphatic rings. The quantitative estimate of drug-likeness (QED) is 0.742. The summed E-state index contributed by atoms with van der Waals surface area (Å²) in [6.07, 6.45) is 4.34. The van der Waals surface area contributed by atoms with E-state index >= 15 is 0 Å². The van der Waals surface area contributed by atoms with Crippen LogP contribution in [-0.4, -0.2) is 24.2 Å². The number of anilines is 2. The van der Waals surface area contributed by atoms with Crippen LogP contribution in [0.2, 0.25) is 0 Å². The zero-order valence-electron chi connectivity index (χ0n) is 14.5. The van der Waals surface area contributed by atoms with E-state index in [1.165, 1.54) is 5.56 Å². The maximum absolute atomic E-state index is 6.16. The fraction of sp³-hybridized carbons (Fsp3) is 0.286. The predicted molar refractivity (Wildman–Crippen MR) is 103 cm³/mol. The fourth-order valence-corrected chi connectivity index (χ4v) is 3.24. The van der Waals surface area contributed by atoms with Gasteiger partial charge in [-0.05, 0) is 80.2 Å². The summed E-state index contributed by atoms with van der Waals surface area (Å²) in [7, 11) is 0. The highest BCUT2D eigenvalue weighted by molar-refractivity contribution is 5.85. The second kappa shape index (κ2) is 7.11. The average molecular weight is 333 g/mol. The smallest absolute Gasteiger partial charge is 0.130 e. The van der Waals surface area contributed by atoms with Gasteiger partial charge < -0.3 is 15.4 Å². The minimum absolute atomic E-state index is 0.311. The van der Waals surface area contributed by atoms with Crippen LogP contribution in [0.25, 0.3) is 10.8 Å². The molecule has 2 aromatic carbocycles. The first kappa shape index (κ1) is 15.9. The highest BCUT2D eigenvalue weighted by Gasteiger charge is 2.14. The summed E-state index contributed by atoms with van der Waals surface area (Å²) < 4.78 is 6.16. The van der Waals surface area contributed by atoms with Crippen molar-refractivity contribution in [3.05, 3.63) is 60.3 Å². The van der Waals surface area contributed by atoms with E-state index in [0.29, 0.717) is 6.10 Å². The molecule has 1 fully saturated rings. The molecule has 4 rings (SSSR count). The number of rotatable bonds is 4. The molecule has 25 heavy (non-hydrogen) atoms. The van der Waals surface area contributed by atoms with Crippen molar-refractivity contribution in [2.75, 3.05) is 18.4 Å². The van der Waals surface area contributed by atoms with Gasteiger partial charge in [-0.2, -0.15) is 0 Å². The largest absolute Gasteiger partial charge is 0.490 e. The van der Waals surface area contributed by atoms with Gasteiger partial charge in [-0.1, -0.05) is 12.1 Å². The number of pyridine rings is 1. The Morgan fingerprint density at radius 2 is 1.92 bits per heavy atom. The summed E-state index contributed by atoms with van der Waals surface area (Å²) >= 11 is 0. The van der Waals surface area contributed by atoms with Crippen molar-refractivity contribution in [1.29, 1.82) is 0 Å². The number of nitrogens with one attached hydrogen (secondary N) is 2. The predicted octanol–water partition coefficient (Wildman–Crippen LogP) is 4.42. The SMILES string of the molecule is Cc1cccc(Nc2cc3cc(OC4CCNCC4)ccc3cn2)c1. The molecule has 1 aliphatic heterocycles. The van der Waals surface area contributed by atoms with Crippen molar-refractivity contribution in [2.45, 2.75) is 25.9 Å². The van der Waals surface area contributed by atoms with Gasteiger partial charge in [0.1, 0.15) is 17.7 Å². The third kappa shape index (κ3) is 3.91. The van der Waals surface area contributed by atoms with Gasteiger partial charge in [-0.25, -0.2) is 4.98 Å². The molecule has 0 saturated carbocycles. The number of ether oxygens (including phenoxy) is 1. The first-order valence-corrected chi connectivity index (χ1v) is 8.87. The van der Waals surface area contributed by atoms with Crippen molar-refractivity contribution in [1.82, 2.24) is 10.3 Å². The molecule has 128 valence electrons. The lowest BCUT2D eigenvalue weighted by molar-refractivity contribution is 0.162. The van der Waals surface area contributed by atoms with Crippen LogP contribution in [0.15, 0.2) is 54.7 Å². The molecule has 0 bridgehead atoms. The molecule has 0 amide bonds. The van der Waals surface area contributed by atoms with E-state index < -0.39 is 0 Å². The van der Waals surface area contributed by atoms with Crippen LogP contribution in [0.3, 0.4) is 0 Å². The van der Waals surface area contributed by atoms with Crippen molar-refractivity contribution in [3.8, 4) is 5.75 Å². The normalized spacial score (nSPS) is 15.2. The third-order valence-corrected chi connectivity index (χ3v) is 4.57. The summed E-state index contributed by atoms with van der Waals surface area (Å²) in [5.74, 6) is 1.78. The van der Waals surface area contributed by atoms with Gasteiger partial charge in [0.25, 0.3) is 0 Å². The molecular formula is C21H23N3O. The van der Waals surface area contributed by atoms with Crippen molar-refractivity contribution in [2.24, 2.45) is 0 Å². The average Bonchev–Trinajstić information content (AvgIpc) is 2.62. The van der Waals surface area contributed by atoms with Gasteiger partial charge in [-0.15, -0.1) is 0 Å². The van der Waals surface area contributed by atoms with Gasteiger partial charge in [0.2, 0.25) is 0 Å². The maximum Gasteiger partial charge on any atom is 0.130 e. The van der Waals surface area contributed by atoms with E-state index in [4.69, 9.17) is 4.74 Å². The molecule has 0 spiro atoms. The Labute approximate surface area is 148 Å². The molecule has 0 radical (unpaired) electrons. The van der Waals surface area contributed by atoms with Crippen LogP contribution in [0.1, 0.15) is 18.4 Å². The minimum Gasteiger partial charge on any atom is -0.490 e. The van der Waals surface area contributed by atoms with E-state index in [9.17, 15) is 0 Å². The van der Waals surface area contributed by atoms with E-state index in [-0.39, 0.29) is 0 Å². The highest BCUT2D eigenvalue weighted by Crippen LogP contribution is 2.25. The van der Waals surface area contributed by atoms with Crippen LogP contribution >= 0.6 is 0 Å². The number of fused-ring (bicyclic) bond motifs is 1. The van der Waals surface area contributed by atoms with E-state index in [1.807, 2.05) is 18.3 Å². The number of hydrogen-bond donors (Lipinski definition) is 2. The first-order valence-electron chi connectivity index (χ1n) is 8.87. The molecule has 1 aromatic heterocycles. The van der Waals surface area contributed by atoms with Gasteiger partial charge in [0.15, 0.2) is 0 Å². The number of nitrogens with zero attached hydrogens (tertiary/aromatic N) is 1. The molecule has 4 heteroatoms. The number of aromatic nitrogens is 1. The summed E-state index contributed by atoms with van der Waals surface area (Å²) in [6.45, 7) is 4.16. The van der Waals surface area contributed by atoms with Crippen LogP contribution in [-0.2, 0) is 0 Å². The Bertz CT molecular complexity index is 872. The number of benzene rings is 2. The second-order valence-electron chi connectivity index (χ2n) is 6.64. The Kier molecular flexibility index (Phi) is 4.53. The molecule has 0 unspecified atom stereocenters. The van der Waals surface area contributed by atoms with Gasteiger partial charge in [-0.3, -0.25) is 0 Å². The molecule has 1 saturated heterocycles. The zero-order chi connectivity index (χ0) is 17.1. The van der Waals surface area contributed by atoms with Crippen molar-refractivity contribution in [3.63, 3.8) is 0 Å². The Hall–Kier alpha value is -2.59. The Morgan fingerprint density at radius 1 is 1.04 bits per heavy atom. The van der Waals surface area contributed by atoms with Crippen molar-refractivity contribution < 1.29 is 4.74 Å². The lowest BCUT2D eigenvalue weighted by Crippen LogP contribution is -2.34. The Balaban J connectivity index is 1.55. The van der Waals surface area contributed by atoms with Crippen LogP contribution < -0.4 is 15.4 Å². The fourth-order valence-electron chi connectivity index (χ4n) is 3.24. The van der Waals surface area contributed by atoms with E-state index in [1.54, 1.807) is 0 Å². The molecule has 0 atom stereocenters. The summed E-state index contributed by atoms with van der Waals surface area (Å²) in [5.41, 5.74) is 2.28. The van der Waals surface area contributed by atoms with Crippen LogP contribution in [0.4, 0.5) is 11.5 Å². The molecule has 2 heterocycles.